The second kappa shape index (κ2) is 8.34. The van der Waals surface area contributed by atoms with E-state index in [4.69, 9.17) is 9.47 Å². The molecule has 0 atom stereocenters. The smallest absolute Gasteiger partial charge is 0.330 e. The predicted octanol–water partition coefficient (Wildman–Crippen LogP) is 3.07. The molecular formula is C18H19NO5S. The molecule has 0 heterocycles. The van der Waals surface area contributed by atoms with Gasteiger partial charge in [0, 0.05) is 11.6 Å². The van der Waals surface area contributed by atoms with Gasteiger partial charge in [0.1, 0.15) is 5.75 Å². The lowest BCUT2D eigenvalue weighted by Crippen LogP contribution is -2.13. The first-order valence-corrected chi connectivity index (χ1v) is 9.05. The van der Waals surface area contributed by atoms with Crippen LogP contribution in [0.4, 0.5) is 5.69 Å². The lowest BCUT2D eigenvalue weighted by Gasteiger charge is -2.12. The molecule has 2 aromatic rings. The van der Waals surface area contributed by atoms with Gasteiger partial charge in [-0.25, -0.2) is 13.2 Å². The van der Waals surface area contributed by atoms with Gasteiger partial charge in [0.05, 0.1) is 24.3 Å². The van der Waals surface area contributed by atoms with E-state index in [1.165, 1.54) is 31.4 Å². The maximum absolute atomic E-state index is 12.5. The van der Waals surface area contributed by atoms with E-state index in [-0.39, 0.29) is 11.5 Å². The molecule has 0 spiro atoms. The molecule has 0 aliphatic heterocycles. The van der Waals surface area contributed by atoms with Crippen molar-refractivity contribution in [3.63, 3.8) is 0 Å². The number of esters is 1. The summed E-state index contributed by atoms with van der Waals surface area (Å²) in [5.41, 5.74) is 0.803. The lowest BCUT2D eigenvalue weighted by molar-refractivity contribution is -0.137. The molecule has 0 aliphatic rings. The van der Waals surface area contributed by atoms with E-state index in [1.54, 1.807) is 43.3 Å². The van der Waals surface area contributed by atoms with Gasteiger partial charge < -0.3 is 9.47 Å². The van der Waals surface area contributed by atoms with E-state index in [1.807, 2.05) is 0 Å². The summed E-state index contributed by atoms with van der Waals surface area (Å²) in [5, 5.41) is 0. The first kappa shape index (κ1) is 18.5. The highest BCUT2D eigenvalue weighted by Gasteiger charge is 2.15. The zero-order valence-electron chi connectivity index (χ0n) is 13.9. The van der Waals surface area contributed by atoms with Crippen molar-refractivity contribution in [3.8, 4) is 5.75 Å². The Bertz CT molecular complexity index is 860. The number of carbonyl (C=O) groups excluding carboxylic acids is 1. The Hall–Kier alpha value is -2.80. The number of ether oxygens (including phenoxy) is 2. The van der Waals surface area contributed by atoms with Gasteiger partial charge in [0.2, 0.25) is 0 Å². The number of hydrogen-bond acceptors (Lipinski definition) is 5. The Balaban J connectivity index is 2.35. The average molecular weight is 361 g/mol. The molecule has 0 unspecified atom stereocenters. The molecule has 7 heteroatoms. The molecule has 6 nitrogen and oxygen atoms in total. The van der Waals surface area contributed by atoms with Crippen LogP contribution in [0.25, 0.3) is 6.08 Å². The Labute approximate surface area is 147 Å². The Morgan fingerprint density at radius 2 is 1.88 bits per heavy atom. The minimum absolute atomic E-state index is 0.145. The van der Waals surface area contributed by atoms with Crippen LogP contribution in [0.3, 0.4) is 0 Å². The van der Waals surface area contributed by atoms with E-state index in [9.17, 15) is 13.2 Å². The second-order valence-electron chi connectivity index (χ2n) is 4.96. The van der Waals surface area contributed by atoms with Crippen molar-refractivity contribution in [3.05, 3.63) is 60.2 Å². The van der Waals surface area contributed by atoms with Gasteiger partial charge in [-0.05, 0) is 43.3 Å². The SMILES string of the molecule is CCOC(=O)/C=C/c1cc(OC)ccc1NS(=O)(=O)c1ccccc1. The molecule has 0 saturated heterocycles. The third kappa shape index (κ3) is 5.09. The van der Waals surface area contributed by atoms with E-state index in [2.05, 4.69) is 4.72 Å². The zero-order valence-corrected chi connectivity index (χ0v) is 14.7. The van der Waals surface area contributed by atoms with Crippen LogP contribution in [-0.2, 0) is 19.6 Å². The third-order valence-electron chi connectivity index (χ3n) is 3.24. The molecule has 0 aromatic heterocycles. The first-order chi connectivity index (χ1) is 12.0. The minimum atomic E-state index is -3.75. The monoisotopic (exact) mass is 361 g/mol. The largest absolute Gasteiger partial charge is 0.497 e. The molecule has 2 aromatic carbocycles. The summed E-state index contributed by atoms with van der Waals surface area (Å²) in [6.45, 7) is 1.96. The van der Waals surface area contributed by atoms with Crippen molar-refractivity contribution in [2.24, 2.45) is 0 Å². The zero-order chi connectivity index (χ0) is 18.3. The van der Waals surface area contributed by atoms with Gasteiger partial charge in [-0.15, -0.1) is 0 Å². The number of rotatable bonds is 7. The van der Waals surface area contributed by atoms with Crippen molar-refractivity contribution in [1.82, 2.24) is 0 Å². The van der Waals surface area contributed by atoms with Crippen LogP contribution < -0.4 is 9.46 Å². The van der Waals surface area contributed by atoms with Crippen LogP contribution >= 0.6 is 0 Å². The number of benzene rings is 2. The summed E-state index contributed by atoms with van der Waals surface area (Å²) < 4.78 is 37.5. The van der Waals surface area contributed by atoms with E-state index < -0.39 is 16.0 Å². The van der Waals surface area contributed by atoms with Crippen molar-refractivity contribution in [1.29, 1.82) is 0 Å². The molecule has 132 valence electrons. The van der Waals surface area contributed by atoms with Crippen LogP contribution in [0.15, 0.2) is 59.5 Å². The molecule has 0 radical (unpaired) electrons. The Morgan fingerprint density at radius 3 is 2.52 bits per heavy atom. The van der Waals surface area contributed by atoms with Crippen molar-refractivity contribution < 1.29 is 22.7 Å². The highest BCUT2D eigenvalue weighted by molar-refractivity contribution is 7.92. The fraction of sp³-hybridized carbons (Fsp3) is 0.167. The van der Waals surface area contributed by atoms with Gasteiger partial charge in [-0.2, -0.15) is 0 Å². The molecule has 1 N–H and O–H groups in total. The Morgan fingerprint density at radius 1 is 1.16 bits per heavy atom. The van der Waals surface area contributed by atoms with Crippen LogP contribution in [0.1, 0.15) is 12.5 Å². The quantitative estimate of drug-likeness (QED) is 0.605. The van der Waals surface area contributed by atoms with E-state index in [0.29, 0.717) is 17.0 Å². The minimum Gasteiger partial charge on any atom is -0.497 e. The molecule has 0 bridgehead atoms. The maximum atomic E-state index is 12.5. The number of hydrogen-bond donors (Lipinski definition) is 1. The summed E-state index contributed by atoms with van der Waals surface area (Å²) in [7, 11) is -2.24. The first-order valence-electron chi connectivity index (χ1n) is 7.57. The van der Waals surface area contributed by atoms with Gasteiger partial charge in [0.15, 0.2) is 0 Å². The molecule has 25 heavy (non-hydrogen) atoms. The Kier molecular flexibility index (Phi) is 6.19. The number of carbonyl (C=O) groups is 1. The van der Waals surface area contributed by atoms with E-state index in [0.717, 1.165) is 0 Å². The highest BCUT2D eigenvalue weighted by Crippen LogP contribution is 2.26. The molecule has 0 aliphatic carbocycles. The van der Waals surface area contributed by atoms with Crippen LogP contribution in [0.5, 0.6) is 5.75 Å². The van der Waals surface area contributed by atoms with Crippen LogP contribution in [0.2, 0.25) is 0 Å². The summed E-state index contributed by atoms with van der Waals surface area (Å²) in [5.74, 6) is 0.0216. The normalized spacial score (nSPS) is 11.3. The highest BCUT2D eigenvalue weighted by atomic mass is 32.2. The second-order valence-corrected chi connectivity index (χ2v) is 6.64. The van der Waals surface area contributed by atoms with Gasteiger partial charge in [-0.3, -0.25) is 4.72 Å². The van der Waals surface area contributed by atoms with Crippen molar-refractivity contribution in [2.45, 2.75) is 11.8 Å². The number of sulfonamides is 1. The van der Waals surface area contributed by atoms with Crippen LogP contribution in [0, 0.1) is 0 Å². The van der Waals surface area contributed by atoms with Crippen LogP contribution in [-0.4, -0.2) is 28.1 Å². The van der Waals surface area contributed by atoms with E-state index >= 15 is 0 Å². The standard InChI is InChI=1S/C18H19NO5S/c1-3-24-18(20)12-9-14-13-15(23-2)10-11-17(14)19-25(21,22)16-7-5-4-6-8-16/h4-13,19H,3H2,1-2H3/b12-9+. The lowest BCUT2D eigenvalue weighted by atomic mass is 10.1. The fourth-order valence-corrected chi connectivity index (χ4v) is 3.16. The van der Waals surface area contributed by atoms with Gasteiger partial charge >= 0.3 is 5.97 Å². The predicted molar refractivity (Wildman–Crippen MR) is 95.9 cm³/mol. The maximum Gasteiger partial charge on any atom is 0.330 e. The third-order valence-corrected chi connectivity index (χ3v) is 4.62. The molecule has 0 saturated carbocycles. The molecule has 0 fully saturated rings. The van der Waals surface area contributed by atoms with Gasteiger partial charge in [0.25, 0.3) is 10.0 Å². The fourth-order valence-electron chi connectivity index (χ4n) is 2.05. The van der Waals surface area contributed by atoms with Crippen molar-refractivity contribution in [2.75, 3.05) is 18.4 Å². The van der Waals surface area contributed by atoms with Gasteiger partial charge in [-0.1, -0.05) is 18.2 Å². The molecule has 2 rings (SSSR count). The van der Waals surface area contributed by atoms with Crippen molar-refractivity contribution >= 4 is 27.8 Å². The topological polar surface area (TPSA) is 81.7 Å². The number of anilines is 1. The summed E-state index contributed by atoms with van der Waals surface area (Å²) in [6.07, 6.45) is 2.71. The molecular weight excluding hydrogens is 342 g/mol. The number of methoxy groups -OCH3 is 1. The summed E-state index contributed by atoms with van der Waals surface area (Å²) >= 11 is 0. The molecule has 0 amide bonds. The summed E-state index contributed by atoms with van der Waals surface area (Å²) in [4.78, 5) is 11.7. The average Bonchev–Trinajstić information content (AvgIpc) is 2.61. The number of nitrogens with one attached hydrogen (secondary N) is 1. The summed E-state index contributed by atoms with van der Waals surface area (Å²) in [6, 6.07) is 12.8.